The SMILES string of the molecule is Cn1ccc(CN2CC3CN(c4cc(C5CCC5)ncn4)CC3C2)nc1=O. The van der Waals surface area contributed by atoms with E-state index < -0.39 is 0 Å². The van der Waals surface area contributed by atoms with Crippen LogP contribution in [0.25, 0.3) is 0 Å². The zero-order valence-electron chi connectivity index (χ0n) is 15.8. The molecule has 1 aliphatic carbocycles. The molecule has 0 radical (unpaired) electrons. The number of aryl methyl sites for hydroxylation is 1. The number of hydrogen-bond acceptors (Lipinski definition) is 6. The minimum atomic E-state index is -0.177. The number of likely N-dealkylation sites (tertiary alicyclic amines) is 1. The number of rotatable bonds is 4. The van der Waals surface area contributed by atoms with E-state index in [4.69, 9.17) is 0 Å². The van der Waals surface area contributed by atoms with Gasteiger partial charge in [-0.15, -0.1) is 0 Å². The van der Waals surface area contributed by atoms with Gasteiger partial charge in [0.1, 0.15) is 12.1 Å². The molecule has 2 saturated heterocycles. The molecule has 2 unspecified atom stereocenters. The predicted octanol–water partition coefficient (Wildman–Crippen LogP) is 1.41. The van der Waals surface area contributed by atoms with Crippen LogP contribution in [0.1, 0.15) is 36.6 Å². The second-order valence-corrected chi connectivity index (χ2v) is 8.36. The third kappa shape index (κ3) is 3.25. The van der Waals surface area contributed by atoms with Crippen LogP contribution in [0.15, 0.2) is 29.5 Å². The summed E-state index contributed by atoms with van der Waals surface area (Å²) in [4.78, 5) is 29.8. The molecular weight excluding hydrogens is 340 g/mol. The second kappa shape index (κ2) is 6.71. The van der Waals surface area contributed by atoms with Crippen molar-refractivity contribution in [2.24, 2.45) is 18.9 Å². The highest BCUT2D eigenvalue weighted by Crippen LogP contribution is 2.37. The molecule has 27 heavy (non-hydrogen) atoms. The van der Waals surface area contributed by atoms with E-state index in [1.807, 2.05) is 6.07 Å². The van der Waals surface area contributed by atoms with Gasteiger partial charge in [0.15, 0.2) is 0 Å². The van der Waals surface area contributed by atoms with Gasteiger partial charge in [-0.2, -0.15) is 4.98 Å². The third-order valence-corrected chi connectivity index (χ3v) is 6.50. The van der Waals surface area contributed by atoms with Gasteiger partial charge >= 0.3 is 5.69 Å². The van der Waals surface area contributed by atoms with Crippen molar-refractivity contribution in [1.29, 1.82) is 0 Å². The molecule has 5 rings (SSSR count). The van der Waals surface area contributed by atoms with E-state index in [2.05, 4.69) is 30.8 Å². The average Bonchev–Trinajstić information content (AvgIpc) is 3.15. The smallest absolute Gasteiger partial charge is 0.347 e. The van der Waals surface area contributed by atoms with E-state index >= 15 is 0 Å². The molecule has 7 heteroatoms. The molecular formula is C20H26N6O. The Labute approximate surface area is 159 Å². The minimum Gasteiger partial charge on any atom is -0.356 e. The van der Waals surface area contributed by atoms with Gasteiger partial charge in [-0.3, -0.25) is 4.90 Å². The summed E-state index contributed by atoms with van der Waals surface area (Å²) in [7, 11) is 1.73. The molecule has 0 amide bonds. The number of anilines is 1. The summed E-state index contributed by atoms with van der Waals surface area (Å²) in [5.41, 5.74) is 1.92. The van der Waals surface area contributed by atoms with E-state index in [-0.39, 0.29) is 5.69 Å². The summed E-state index contributed by atoms with van der Waals surface area (Å²) in [6.07, 6.45) is 7.42. The lowest BCUT2D eigenvalue weighted by molar-refractivity contribution is 0.304. The van der Waals surface area contributed by atoms with Crippen molar-refractivity contribution in [3.8, 4) is 0 Å². The molecule has 4 heterocycles. The summed E-state index contributed by atoms with van der Waals surface area (Å²) in [6, 6.07) is 4.16. The molecule has 2 aromatic heterocycles. The van der Waals surface area contributed by atoms with E-state index in [1.165, 1.54) is 29.5 Å². The summed E-state index contributed by atoms with van der Waals surface area (Å²) in [5.74, 6) is 3.08. The normalized spacial score (nSPS) is 25.6. The Morgan fingerprint density at radius 1 is 1.11 bits per heavy atom. The zero-order chi connectivity index (χ0) is 18.4. The maximum absolute atomic E-state index is 11.7. The summed E-state index contributed by atoms with van der Waals surface area (Å²) in [6.45, 7) is 5.03. The van der Waals surface area contributed by atoms with Crippen molar-refractivity contribution in [2.75, 3.05) is 31.1 Å². The summed E-state index contributed by atoms with van der Waals surface area (Å²) in [5, 5.41) is 0. The van der Waals surface area contributed by atoms with Crippen molar-refractivity contribution in [1.82, 2.24) is 24.4 Å². The molecule has 2 atom stereocenters. The van der Waals surface area contributed by atoms with E-state index in [1.54, 1.807) is 19.6 Å². The first-order valence-corrected chi connectivity index (χ1v) is 9.97. The average molecular weight is 366 g/mol. The highest BCUT2D eigenvalue weighted by atomic mass is 16.1. The van der Waals surface area contributed by atoms with Gasteiger partial charge in [-0.05, 0) is 30.7 Å². The van der Waals surface area contributed by atoms with Gasteiger partial charge in [0.2, 0.25) is 0 Å². The molecule has 0 aromatic carbocycles. The zero-order valence-corrected chi connectivity index (χ0v) is 15.8. The maximum Gasteiger partial charge on any atom is 0.347 e. The van der Waals surface area contributed by atoms with Crippen molar-refractivity contribution in [2.45, 2.75) is 31.7 Å². The Morgan fingerprint density at radius 2 is 1.89 bits per heavy atom. The standard InChI is InChI=1S/C20H26N6O/c1-24-6-5-17(23-20(24)27)12-25-8-15-10-26(11-16(15)9-25)19-7-18(21-13-22-19)14-3-2-4-14/h5-7,13-16H,2-4,8-12H2,1H3. The highest BCUT2D eigenvalue weighted by molar-refractivity contribution is 5.42. The van der Waals surface area contributed by atoms with Crippen LogP contribution in [0.2, 0.25) is 0 Å². The number of hydrogen-bond donors (Lipinski definition) is 0. The fourth-order valence-electron chi connectivity index (χ4n) is 4.69. The fraction of sp³-hybridized carbons (Fsp3) is 0.600. The van der Waals surface area contributed by atoms with Gasteiger partial charge in [-0.1, -0.05) is 6.42 Å². The molecule has 7 nitrogen and oxygen atoms in total. The van der Waals surface area contributed by atoms with Crippen molar-refractivity contribution >= 4 is 5.82 Å². The van der Waals surface area contributed by atoms with Gasteiger partial charge < -0.3 is 9.47 Å². The van der Waals surface area contributed by atoms with Crippen LogP contribution in [0.5, 0.6) is 0 Å². The Morgan fingerprint density at radius 3 is 2.56 bits per heavy atom. The quantitative estimate of drug-likeness (QED) is 0.815. The first-order chi connectivity index (χ1) is 13.2. The van der Waals surface area contributed by atoms with Gasteiger partial charge in [0.05, 0.1) is 5.69 Å². The van der Waals surface area contributed by atoms with Crippen LogP contribution in [-0.4, -0.2) is 50.6 Å². The summed E-state index contributed by atoms with van der Waals surface area (Å²) >= 11 is 0. The van der Waals surface area contributed by atoms with Crippen molar-refractivity contribution < 1.29 is 0 Å². The summed E-state index contributed by atoms with van der Waals surface area (Å²) < 4.78 is 1.51. The van der Waals surface area contributed by atoms with E-state index in [0.717, 1.165) is 44.2 Å². The molecule has 0 spiro atoms. The molecule has 2 aromatic rings. The number of aromatic nitrogens is 4. The van der Waals surface area contributed by atoms with Crippen LogP contribution in [0, 0.1) is 11.8 Å². The molecule has 0 N–H and O–H groups in total. The maximum atomic E-state index is 11.7. The van der Waals surface area contributed by atoms with Crippen LogP contribution in [-0.2, 0) is 13.6 Å². The predicted molar refractivity (Wildman–Crippen MR) is 103 cm³/mol. The number of fused-ring (bicyclic) bond motifs is 1. The van der Waals surface area contributed by atoms with Crippen molar-refractivity contribution in [3.63, 3.8) is 0 Å². The highest BCUT2D eigenvalue weighted by Gasteiger charge is 2.40. The molecule has 3 fully saturated rings. The lowest BCUT2D eigenvalue weighted by atomic mass is 9.83. The van der Waals surface area contributed by atoms with Gasteiger partial charge in [-0.25, -0.2) is 14.8 Å². The Bertz CT molecular complexity index is 878. The molecule has 0 bridgehead atoms. The molecule has 142 valence electrons. The van der Waals surface area contributed by atoms with Crippen LogP contribution in [0.4, 0.5) is 5.82 Å². The lowest BCUT2D eigenvalue weighted by Crippen LogP contribution is -2.30. The van der Waals surface area contributed by atoms with Crippen molar-refractivity contribution in [3.05, 3.63) is 46.5 Å². The van der Waals surface area contributed by atoms with Gasteiger partial charge in [0, 0.05) is 63.6 Å². The van der Waals surface area contributed by atoms with Gasteiger partial charge in [0.25, 0.3) is 0 Å². The third-order valence-electron chi connectivity index (χ3n) is 6.50. The fourth-order valence-corrected chi connectivity index (χ4v) is 4.69. The first-order valence-electron chi connectivity index (χ1n) is 9.97. The first kappa shape index (κ1) is 16.9. The van der Waals surface area contributed by atoms with Crippen LogP contribution >= 0.6 is 0 Å². The second-order valence-electron chi connectivity index (χ2n) is 8.36. The Hall–Kier alpha value is -2.28. The van der Waals surface area contributed by atoms with Crippen LogP contribution in [0.3, 0.4) is 0 Å². The van der Waals surface area contributed by atoms with E-state index in [9.17, 15) is 4.79 Å². The molecule has 2 aliphatic heterocycles. The topological polar surface area (TPSA) is 67.2 Å². The molecule has 1 saturated carbocycles. The monoisotopic (exact) mass is 366 g/mol. The molecule has 3 aliphatic rings. The Kier molecular flexibility index (Phi) is 4.19. The minimum absolute atomic E-state index is 0.177. The Balaban J connectivity index is 1.22. The van der Waals surface area contributed by atoms with Crippen LogP contribution < -0.4 is 10.6 Å². The lowest BCUT2D eigenvalue weighted by Gasteiger charge is -2.26. The van der Waals surface area contributed by atoms with E-state index in [0.29, 0.717) is 17.8 Å². The number of nitrogens with zero attached hydrogens (tertiary/aromatic N) is 6. The largest absolute Gasteiger partial charge is 0.356 e.